The number of amides is 1. The van der Waals surface area contributed by atoms with E-state index in [1.165, 1.54) is 0 Å². The first-order valence-electron chi connectivity index (χ1n) is 9.60. The number of imidazole rings is 1. The summed E-state index contributed by atoms with van der Waals surface area (Å²) in [4.78, 5) is 22.7. The Bertz CT molecular complexity index is 1150. The van der Waals surface area contributed by atoms with Crippen LogP contribution in [0.2, 0.25) is 0 Å². The maximum absolute atomic E-state index is 13.0. The van der Waals surface area contributed by atoms with E-state index < -0.39 is 0 Å². The third-order valence-corrected chi connectivity index (χ3v) is 5.68. The van der Waals surface area contributed by atoms with Gasteiger partial charge in [0.1, 0.15) is 11.4 Å². The van der Waals surface area contributed by atoms with Crippen molar-refractivity contribution < 1.29 is 9.53 Å². The second-order valence-corrected chi connectivity index (χ2v) is 7.30. The van der Waals surface area contributed by atoms with Crippen LogP contribution in [-0.4, -0.2) is 45.5 Å². The molecule has 1 N–H and O–H groups in total. The predicted octanol–water partition coefficient (Wildman–Crippen LogP) is 4.00. The minimum absolute atomic E-state index is 0.0594. The maximum Gasteiger partial charge on any atom is 0.270 e. The highest BCUT2D eigenvalue weighted by Gasteiger charge is 2.26. The first-order chi connectivity index (χ1) is 13.7. The van der Waals surface area contributed by atoms with E-state index in [-0.39, 0.29) is 5.91 Å². The summed E-state index contributed by atoms with van der Waals surface area (Å²) < 4.78 is 7.53. The normalized spacial score (nSPS) is 15.4. The highest BCUT2D eigenvalue weighted by atomic mass is 16.5. The number of nitrogens with zero attached hydrogens (tertiary/aromatic N) is 3. The molecule has 0 bridgehead atoms. The molecule has 5 rings (SSSR count). The van der Waals surface area contributed by atoms with Crippen LogP contribution < -0.4 is 4.74 Å². The Labute approximate surface area is 162 Å². The molecule has 6 nitrogen and oxygen atoms in total. The second-order valence-electron chi connectivity index (χ2n) is 7.30. The van der Waals surface area contributed by atoms with Crippen molar-refractivity contribution in [2.24, 2.45) is 0 Å². The summed E-state index contributed by atoms with van der Waals surface area (Å²) in [5, 5.41) is 0.988. The van der Waals surface area contributed by atoms with Crippen molar-refractivity contribution in [2.45, 2.75) is 18.9 Å². The number of carbonyl (C=O) groups is 1. The van der Waals surface area contributed by atoms with Gasteiger partial charge in [-0.05, 0) is 49.2 Å². The highest BCUT2D eigenvalue weighted by molar-refractivity contribution is 5.98. The number of carbonyl (C=O) groups excluding carboxylic acids is 1. The molecular weight excluding hydrogens is 352 g/mol. The number of aromatic nitrogens is 3. The number of hydrogen-bond acceptors (Lipinski definition) is 3. The number of nitrogens with one attached hydrogen (secondary N) is 1. The Morgan fingerprint density at radius 3 is 2.79 bits per heavy atom. The van der Waals surface area contributed by atoms with Crippen LogP contribution in [0.25, 0.3) is 21.9 Å². The average molecular weight is 374 g/mol. The number of para-hydroxylation sites is 2. The van der Waals surface area contributed by atoms with E-state index in [4.69, 9.17) is 4.74 Å². The predicted molar refractivity (Wildman–Crippen MR) is 109 cm³/mol. The fraction of sp³-hybridized carbons (Fsp3) is 0.273. The van der Waals surface area contributed by atoms with Gasteiger partial charge < -0.3 is 19.2 Å². The molecule has 2 aromatic carbocycles. The van der Waals surface area contributed by atoms with Crippen LogP contribution in [0, 0.1) is 0 Å². The lowest BCUT2D eigenvalue weighted by Crippen LogP contribution is -2.39. The number of fused-ring (bicyclic) bond motifs is 2. The number of benzene rings is 2. The van der Waals surface area contributed by atoms with E-state index in [1.807, 2.05) is 53.7 Å². The molecule has 1 saturated heterocycles. The average Bonchev–Trinajstić information content (AvgIpc) is 3.37. The third kappa shape index (κ3) is 2.81. The summed E-state index contributed by atoms with van der Waals surface area (Å²) in [5.74, 6) is 0.850. The van der Waals surface area contributed by atoms with Gasteiger partial charge in [0.05, 0.1) is 24.5 Å². The molecule has 1 aliphatic heterocycles. The van der Waals surface area contributed by atoms with Crippen molar-refractivity contribution in [3.05, 3.63) is 60.6 Å². The molecule has 3 heterocycles. The number of likely N-dealkylation sites (tertiary alicyclic amines) is 1. The number of ether oxygens (including phenoxy) is 1. The number of rotatable bonds is 3. The summed E-state index contributed by atoms with van der Waals surface area (Å²) in [5.41, 5.74) is 3.77. The molecule has 2 aromatic heterocycles. The molecule has 4 aromatic rings. The molecular formula is C22H22N4O2. The smallest absolute Gasteiger partial charge is 0.270 e. The van der Waals surface area contributed by atoms with E-state index in [0.717, 1.165) is 53.6 Å². The summed E-state index contributed by atoms with van der Waals surface area (Å²) in [7, 11) is 1.65. The molecule has 6 heteroatoms. The zero-order chi connectivity index (χ0) is 19.1. The minimum atomic E-state index is 0.0594. The second kappa shape index (κ2) is 6.71. The number of H-pyrrole nitrogens is 1. The molecule has 0 saturated carbocycles. The Morgan fingerprint density at radius 1 is 1.14 bits per heavy atom. The fourth-order valence-electron chi connectivity index (χ4n) is 4.14. The standard InChI is InChI=1S/C22H22N4O2/c1-28-17-6-7-18-15(12-17)13-20(24-18)22(27)25-10-8-16(9-11-25)26-14-23-19-4-2-3-5-21(19)26/h2-7,12-14,16,24H,8-11H2,1H3. The molecule has 0 atom stereocenters. The molecule has 0 unspecified atom stereocenters. The molecule has 1 amide bonds. The van der Waals surface area contributed by atoms with E-state index in [0.29, 0.717) is 11.7 Å². The van der Waals surface area contributed by atoms with Gasteiger partial charge in [-0.3, -0.25) is 4.79 Å². The Kier molecular flexibility index (Phi) is 4.04. The van der Waals surface area contributed by atoms with Crippen molar-refractivity contribution in [3.8, 4) is 5.75 Å². The summed E-state index contributed by atoms with van der Waals surface area (Å²) in [6, 6.07) is 16.3. The van der Waals surface area contributed by atoms with Gasteiger partial charge in [0.15, 0.2) is 0 Å². The lowest BCUT2D eigenvalue weighted by molar-refractivity contribution is 0.0691. The van der Waals surface area contributed by atoms with Crippen LogP contribution in [-0.2, 0) is 0 Å². The van der Waals surface area contributed by atoms with Gasteiger partial charge in [-0.1, -0.05) is 12.1 Å². The Hall–Kier alpha value is -3.28. The SMILES string of the molecule is COc1ccc2[nH]c(C(=O)N3CCC(n4cnc5ccccc54)CC3)cc2c1. The molecule has 28 heavy (non-hydrogen) atoms. The van der Waals surface area contributed by atoms with Crippen molar-refractivity contribution in [3.63, 3.8) is 0 Å². The van der Waals surface area contributed by atoms with Crippen molar-refractivity contribution in [2.75, 3.05) is 20.2 Å². The van der Waals surface area contributed by atoms with Gasteiger partial charge in [-0.2, -0.15) is 0 Å². The van der Waals surface area contributed by atoms with Gasteiger partial charge in [0.25, 0.3) is 5.91 Å². The molecule has 0 radical (unpaired) electrons. The van der Waals surface area contributed by atoms with Crippen molar-refractivity contribution in [1.82, 2.24) is 19.4 Å². The number of hydrogen-bond donors (Lipinski definition) is 1. The van der Waals surface area contributed by atoms with Gasteiger partial charge in [-0.25, -0.2) is 4.98 Å². The Morgan fingerprint density at radius 2 is 1.96 bits per heavy atom. The topological polar surface area (TPSA) is 63.2 Å². The zero-order valence-electron chi connectivity index (χ0n) is 15.8. The molecule has 0 spiro atoms. The van der Waals surface area contributed by atoms with Gasteiger partial charge in [0.2, 0.25) is 0 Å². The van der Waals surface area contributed by atoms with Crippen LogP contribution in [0.3, 0.4) is 0 Å². The van der Waals surface area contributed by atoms with E-state index in [2.05, 4.69) is 20.6 Å². The third-order valence-electron chi connectivity index (χ3n) is 5.68. The van der Waals surface area contributed by atoms with Crippen molar-refractivity contribution in [1.29, 1.82) is 0 Å². The van der Waals surface area contributed by atoms with Crippen LogP contribution in [0.5, 0.6) is 5.75 Å². The quantitative estimate of drug-likeness (QED) is 0.589. The monoisotopic (exact) mass is 374 g/mol. The fourth-order valence-corrected chi connectivity index (χ4v) is 4.14. The van der Waals surface area contributed by atoms with Crippen LogP contribution in [0.4, 0.5) is 0 Å². The number of piperidine rings is 1. The van der Waals surface area contributed by atoms with E-state index in [9.17, 15) is 4.79 Å². The lowest BCUT2D eigenvalue weighted by atomic mass is 10.0. The molecule has 1 fully saturated rings. The highest BCUT2D eigenvalue weighted by Crippen LogP contribution is 2.28. The van der Waals surface area contributed by atoms with Gasteiger partial charge >= 0.3 is 0 Å². The number of methoxy groups -OCH3 is 1. The molecule has 142 valence electrons. The zero-order valence-corrected chi connectivity index (χ0v) is 15.8. The first kappa shape index (κ1) is 16.9. The lowest BCUT2D eigenvalue weighted by Gasteiger charge is -2.32. The largest absolute Gasteiger partial charge is 0.497 e. The first-order valence-corrected chi connectivity index (χ1v) is 9.60. The van der Waals surface area contributed by atoms with Crippen molar-refractivity contribution >= 4 is 27.8 Å². The van der Waals surface area contributed by atoms with Crippen LogP contribution in [0.15, 0.2) is 54.9 Å². The molecule has 1 aliphatic rings. The maximum atomic E-state index is 13.0. The minimum Gasteiger partial charge on any atom is -0.497 e. The van der Waals surface area contributed by atoms with Gasteiger partial charge in [0, 0.05) is 30.0 Å². The van der Waals surface area contributed by atoms with Crippen LogP contribution >= 0.6 is 0 Å². The summed E-state index contributed by atoms with van der Waals surface area (Å²) >= 11 is 0. The number of aromatic amines is 1. The van der Waals surface area contributed by atoms with E-state index >= 15 is 0 Å². The Balaban J connectivity index is 1.32. The summed E-state index contributed by atoms with van der Waals surface area (Å²) in [6.07, 6.45) is 3.79. The summed E-state index contributed by atoms with van der Waals surface area (Å²) in [6.45, 7) is 1.49. The van der Waals surface area contributed by atoms with Crippen LogP contribution in [0.1, 0.15) is 29.4 Å². The van der Waals surface area contributed by atoms with E-state index in [1.54, 1.807) is 7.11 Å². The molecule has 0 aliphatic carbocycles. The van der Waals surface area contributed by atoms with Gasteiger partial charge in [-0.15, -0.1) is 0 Å².